The standard InChI is InChI=1S/C16H22N2/c1-2-5-18-15(3-4-17)16-13-7-11-6-12(9-13)10-14(16)8-11/h1,11-16,18H,3,5-10H2. The zero-order valence-electron chi connectivity index (χ0n) is 10.9. The van der Waals surface area contributed by atoms with Crippen molar-refractivity contribution in [2.24, 2.45) is 29.6 Å². The summed E-state index contributed by atoms with van der Waals surface area (Å²) >= 11 is 0. The lowest BCUT2D eigenvalue weighted by Gasteiger charge is -2.56. The first kappa shape index (κ1) is 12.1. The molecule has 18 heavy (non-hydrogen) atoms. The van der Waals surface area contributed by atoms with Crippen molar-refractivity contribution < 1.29 is 0 Å². The van der Waals surface area contributed by atoms with Crippen LogP contribution in [0.4, 0.5) is 0 Å². The number of terminal acetylenes is 1. The molecule has 1 N–H and O–H groups in total. The summed E-state index contributed by atoms with van der Waals surface area (Å²) in [7, 11) is 0. The second-order valence-corrected chi connectivity index (χ2v) is 6.56. The summed E-state index contributed by atoms with van der Waals surface area (Å²) in [4.78, 5) is 0. The first-order valence-electron chi connectivity index (χ1n) is 7.35. The summed E-state index contributed by atoms with van der Waals surface area (Å²) in [6.07, 6.45) is 13.1. The predicted octanol–water partition coefficient (Wildman–Crippen LogP) is 2.56. The highest BCUT2D eigenvalue weighted by atomic mass is 14.9. The molecule has 4 aliphatic carbocycles. The minimum Gasteiger partial charge on any atom is -0.302 e. The molecule has 0 amide bonds. The highest BCUT2D eigenvalue weighted by Crippen LogP contribution is 2.57. The van der Waals surface area contributed by atoms with E-state index in [0.29, 0.717) is 24.9 Å². The maximum absolute atomic E-state index is 9.05. The third-order valence-electron chi connectivity index (χ3n) is 5.54. The zero-order valence-corrected chi connectivity index (χ0v) is 10.9. The van der Waals surface area contributed by atoms with Crippen molar-refractivity contribution in [2.75, 3.05) is 6.54 Å². The smallest absolute Gasteiger partial charge is 0.0638 e. The van der Waals surface area contributed by atoms with Crippen LogP contribution in [0.2, 0.25) is 0 Å². The van der Waals surface area contributed by atoms with Gasteiger partial charge in [-0.3, -0.25) is 0 Å². The molecule has 1 atom stereocenters. The van der Waals surface area contributed by atoms with Crippen LogP contribution in [0.1, 0.15) is 38.5 Å². The molecule has 1 unspecified atom stereocenters. The Balaban J connectivity index is 1.74. The molecular weight excluding hydrogens is 220 g/mol. The van der Waals surface area contributed by atoms with Gasteiger partial charge in [0.15, 0.2) is 0 Å². The van der Waals surface area contributed by atoms with Gasteiger partial charge < -0.3 is 5.32 Å². The number of hydrogen-bond donors (Lipinski definition) is 1. The van der Waals surface area contributed by atoms with Crippen molar-refractivity contribution in [2.45, 2.75) is 44.6 Å². The van der Waals surface area contributed by atoms with Gasteiger partial charge in [-0.2, -0.15) is 5.26 Å². The molecule has 4 aliphatic rings. The fourth-order valence-corrected chi connectivity index (χ4v) is 5.26. The van der Waals surface area contributed by atoms with E-state index in [1.807, 2.05) is 0 Å². The Bertz CT molecular complexity index is 359. The lowest BCUT2D eigenvalue weighted by Crippen LogP contribution is -2.53. The van der Waals surface area contributed by atoms with Crippen LogP contribution in [0.5, 0.6) is 0 Å². The van der Waals surface area contributed by atoms with E-state index in [2.05, 4.69) is 17.3 Å². The lowest BCUT2D eigenvalue weighted by atomic mass is 9.50. The van der Waals surface area contributed by atoms with Crippen LogP contribution >= 0.6 is 0 Å². The molecule has 0 aromatic carbocycles. The van der Waals surface area contributed by atoms with Crippen molar-refractivity contribution in [3.8, 4) is 18.4 Å². The second-order valence-electron chi connectivity index (χ2n) is 6.56. The van der Waals surface area contributed by atoms with Crippen LogP contribution in [0.15, 0.2) is 0 Å². The van der Waals surface area contributed by atoms with Crippen molar-refractivity contribution in [1.82, 2.24) is 5.32 Å². The molecule has 0 saturated heterocycles. The average molecular weight is 242 g/mol. The van der Waals surface area contributed by atoms with Gasteiger partial charge in [-0.25, -0.2) is 0 Å². The number of nitrogens with zero attached hydrogens (tertiary/aromatic N) is 1. The molecule has 0 aromatic heterocycles. The highest BCUT2D eigenvalue weighted by Gasteiger charge is 2.50. The SMILES string of the molecule is C#CCNC(CC#N)C1C2CC3CC(C2)CC1C3. The molecule has 0 radical (unpaired) electrons. The highest BCUT2D eigenvalue weighted by molar-refractivity contribution is 5.04. The van der Waals surface area contributed by atoms with E-state index in [4.69, 9.17) is 11.7 Å². The molecule has 4 rings (SSSR count). The molecule has 4 fully saturated rings. The summed E-state index contributed by atoms with van der Waals surface area (Å²) in [5, 5.41) is 12.5. The Morgan fingerprint density at radius 3 is 2.22 bits per heavy atom. The monoisotopic (exact) mass is 242 g/mol. The lowest BCUT2D eigenvalue weighted by molar-refractivity contribution is -0.0506. The second kappa shape index (κ2) is 4.94. The molecule has 0 aliphatic heterocycles. The predicted molar refractivity (Wildman–Crippen MR) is 71.4 cm³/mol. The summed E-state index contributed by atoms with van der Waals surface area (Å²) in [5.74, 6) is 7.10. The van der Waals surface area contributed by atoms with Gasteiger partial charge in [-0.15, -0.1) is 6.42 Å². The van der Waals surface area contributed by atoms with Gasteiger partial charge in [0.2, 0.25) is 0 Å². The van der Waals surface area contributed by atoms with E-state index < -0.39 is 0 Å². The molecule has 4 bridgehead atoms. The summed E-state index contributed by atoms with van der Waals surface area (Å²) in [5.41, 5.74) is 0. The number of nitrogens with one attached hydrogen (secondary N) is 1. The number of nitriles is 1. The van der Waals surface area contributed by atoms with Crippen LogP contribution in [0, 0.1) is 53.3 Å². The third kappa shape index (κ3) is 2.04. The van der Waals surface area contributed by atoms with Crippen LogP contribution in [-0.4, -0.2) is 12.6 Å². The van der Waals surface area contributed by atoms with E-state index in [1.54, 1.807) is 0 Å². The van der Waals surface area contributed by atoms with Crippen LogP contribution in [-0.2, 0) is 0 Å². The van der Waals surface area contributed by atoms with Crippen molar-refractivity contribution in [1.29, 1.82) is 5.26 Å². The quantitative estimate of drug-likeness (QED) is 0.769. The van der Waals surface area contributed by atoms with Gasteiger partial charge in [0.1, 0.15) is 0 Å². The first-order chi connectivity index (χ1) is 8.81. The third-order valence-corrected chi connectivity index (χ3v) is 5.54. The Hall–Kier alpha value is -0.990. The van der Waals surface area contributed by atoms with Crippen LogP contribution in [0.3, 0.4) is 0 Å². The maximum Gasteiger partial charge on any atom is 0.0638 e. The van der Waals surface area contributed by atoms with Crippen LogP contribution < -0.4 is 5.32 Å². The minimum absolute atomic E-state index is 0.334. The van der Waals surface area contributed by atoms with Crippen LogP contribution in [0.25, 0.3) is 0 Å². The maximum atomic E-state index is 9.05. The summed E-state index contributed by atoms with van der Waals surface area (Å²) in [6, 6.07) is 2.69. The Kier molecular flexibility index (Phi) is 3.31. The van der Waals surface area contributed by atoms with Gasteiger partial charge in [-0.05, 0) is 61.7 Å². The molecule has 96 valence electrons. The average Bonchev–Trinajstić information content (AvgIpc) is 2.34. The van der Waals surface area contributed by atoms with Crippen molar-refractivity contribution in [3.63, 3.8) is 0 Å². The minimum atomic E-state index is 0.334. The Labute approximate surface area is 110 Å². The Morgan fingerprint density at radius 2 is 1.72 bits per heavy atom. The largest absolute Gasteiger partial charge is 0.302 e. The molecule has 2 nitrogen and oxygen atoms in total. The van der Waals surface area contributed by atoms with Crippen molar-refractivity contribution >= 4 is 0 Å². The number of rotatable bonds is 4. The molecule has 0 aromatic rings. The van der Waals surface area contributed by atoms with E-state index >= 15 is 0 Å². The molecule has 0 heterocycles. The van der Waals surface area contributed by atoms with E-state index in [0.717, 1.165) is 23.7 Å². The van der Waals surface area contributed by atoms with E-state index in [9.17, 15) is 0 Å². The summed E-state index contributed by atoms with van der Waals surface area (Å²) < 4.78 is 0. The van der Waals surface area contributed by atoms with E-state index in [1.165, 1.54) is 32.1 Å². The first-order valence-corrected chi connectivity index (χ1v) is 7.35. The molecular formula is C16H22N2. The van der Waals surface area contributed by atoms with Gasteiger partial charge in [-0.1, -0.05) is 5.92 Å². The molecule has 4 saturated carbocycles. The zero-order chi connectivity index (χ0) is 12.5. The van der Waals surface area contributed by atoms with Gasteiger partial charge >= 0.3 is 0 Å². The topological polar surface area (TPSA) is 35.8 Å². The van der Waals surface area contributed by atoms with Crippen molar-refractivity contribution in [3.05, 3.63) is 0 Å². The van der Waals surface area contributed by atoms with E-state index in [-0.39, 0.29) is 0 Å². The van der Waals surface area contributed by atoms with Gasteiger partial charge in [0.25, 0.3) is 0 Å². The molecule has 0 spiro atoms. The van der Waals surface area contributed by atoms with Gasteiger partial charge in [0.05, 0.1) is 19.0 Å². The fourth-order valence-electron chi connectivity index (χ4n) is 5.26. The normalized spacial score (nSPS) is 42.2. The fraction of sp³-hybridized carbons (Fsp3) is 0.812. The number of hydrogen-bond acceptors (Lipinski definition) is 2. The summed E-state index contributed by atoms with van der Waals surface area (Å²) in [6.45, 7) is 0.606. The van der Waals surface area contributed by atoms with Gasteiger partial charge in [0, 0.05) is 6.04 Å². The Morgan fingerprint density at radius 1 is 1.11 bits per heavy atom. The molecule has 2 heteroatoms.